The summed E-state index contributed by atoms with van der Waals surface area (Å²) >= 11 is 1.55. The van der Waals surface area contributed by atoms with Crippen molar-refractivity contribution in [3.05, 3.63) is 47.2 Å². The van der Waals surface area contributed by atoms with Gasteiger partial charge in [0.05, 0.1) is 34.2 Å². The van der Waals surface area contributed by atoms with E-state index in [2.05, 4.69) is 45.8 Å². The van der Waals surface area contributed by atoms with E-state index in [1.54, 1.807) is 28.1 Å². The molecule has 0 aromatic carbocycles. The van der Waals surface area contributed by atoms with Crippen LogP contribution in [0.3, 0.4) is 0 Å². The van der Waals surface area contributed by atoms with Gasteiger partial charge in [-0.2, -0.15) is 10.4 Å². The summed E-state index contributed by atoms with van der Waals surface area (Å²) < 4.78 is 7.30. The Labute approximate surface area is 225 Å². The van der Waals surface area contributed by atoms with Gasteiger partial charge in [0.1, 0.15) is 17.2 Å². The standard InChI is InChI=1S/C27H30N8O2S/c1-15(2)31-21-11-22(23-7-6-18-8-16(12-28)13-30-35(18)23)29-14-20(21)25-34-33-24(38-25)17-9-19(10-17)37-26(36)32-27(3,4)5/h6-8,11,13-15,17,19H,9-10H2,1-5H3,(H,29,31)(H,32,36). The maximum Gasteiger partial charge on any atom is 0.407 e. The van der Waals surface area contributed by atoms with E-state index >= 15 is 0 Å². The van der Waals surface area contributed by atoms with Gasteiger partial charge in [-0.3, -0.25) is 4.98 Å². The topological polar surface area (TPSA) is 130 Å². The van der Waals surface area contributed by atoms with Crippen LogP contribution in [0.4, 0.5) is 10.5 Å². The molecule has 1 fully saturated rings. The number of nitriles is 1. The fraction of sp³-hybridized carbons (Fsp3) is 0.407. The number of carbonyl (C=O) groups is 1. The van der Waals surface area contributed by atoms with Crippen molar-refractivity contribution in [1.82, 2.24) is 30.1 Å². The number of hydrogen-bond donors (Lipinski definition) is 2. The zero-order chi connectivity index (χ0) is 27.0. The van der Waals surface area contributed by atoms with Crippen molar-refractivity contribution in [2.75, 3.05) is 5.32 Å². The molecule has 4 aromatic heterocycles. The minimum Gasteiger partial charge on any atom is -0.446 e. The highest BCUT2D eigenvalue weighted by Crippen LogP contribution is 2.42. The molecule has 11 heteroatoms. The number of nitrogens with zero attached hydrogens (tertiary/aromatic N) is 6. The molecular formula is C27H30N8O2S. The number of nitrogens with one attached hydrogen (secondary N) is 2. The van der Waals surface area contributed by atoms with Crippen molar-refractivity contribution in [3.63, 3.8) is 0 Å². The number of ether oxygens (including phenoxy) is 1. The number of anilines is 1. The van der Waals surface area contributed by atoms with Gasteiger partial charge in [0.25, 0.3) is 0 Å². The summed E-state index contributed by atoms with van der Waals surface area (Å²) in [6.45, 7) is 9.93. The minimum atomic E-state index is -0.383. The summed E-state index contributed by atoms with van der Waals surface area (Å²) in [4.78, 5) is 16.8. The maximum atomic E-state index is 12.0. The Morgan fingerprint density at radius 1 is 1.21 bits per heavy atom. The lowest BCUT2D eigenvalue weighted by Gasteiger charge is -2.33. The van der Waals surface area contributed by atoms with E-state index in [-0.39, 0.29) is 29.7 Å². The Hall–Kier alpha value is -4.04. The van der Waals surface area contributed by atoms with E-state index in [4.69, 9.17) is 15.0 Å². The third-order valence-electron chi connectivity index (χ3n) is 6.11. The maximum absolute atomic E-state index is 12.0. The normalized spacial score (nSPS) is 17.2. The van der Waals surface area contributed by atoms with Gasteiger partial charge in [-0.05, 0) is 71.7 Å². The van der Waals surface area contributed by atoms with Crippen molar-refractivity contribution in [2.45, 2.75) is 71.1 Å². The van der Waals surface area contributed by atoms with Crippen LogP contribution in [0.5, 0.6) is 0 Å². The Morgan fingerprint density at radius 2 is 2.00 bits per heavy atom. The number of amides is 1. The molecule has 0 radical (unpaired) electrons. The molecule has 196 valence electrons. The van der Waals surface area contributed by atoms with E-state index in [0.29, 0.717) is 5.56 Å². The van der Waals surface area contributed by atoms with Crippen molar-refractivity contribution >= 4 is 28.6 Å². The number of rotatable bonds is 6. The first-order valence-corrected chi connectivity index (χ1v) is 13.4. The summed E-state index contributed by atoms with van der Waals surface area (Å²) in [6.07, 6.45) is 4.35. The molecule has 10 nitrogen and oxygen atoms in total. The Balaban J connectivity index is 1.35. The van der Waals surface area contributed by atoms with Crippen LogP contribution in [0, 0.1) is 11.3 Å². The fourth-order valence-electron chi connectivity index (χ4n) is 4.31. The quantitative estimate of drug-likeness (QED) is 0.340. The molecule has 0 aliphatic heterocycles. The predicted octanol–water partition coefficient (Wildman–Crippen LogP) is 5.38. The van der Waals surface area contributed by atoms with Crippen LogP contribution in [0.2, 0.25) is 0 Å². The molecular weight excluding hydrogens is 500 g/mol. The first-order valence-electron chi connectivity index (χ1n) is 12.6. The molecule has 2 N–H and O–H groups in total. The van der Waals surface area contributed by atoms with E-state index in [0.717, 1.165) is 51.0 Å². The first-order chi connectivity index (χ1) is 18.1. The number of carbonyl (C=O) groups excluding carboxylic acids is 1. The summed E-state index contributed by atoms with van der Waals surface area (Å²) in [5.41, 5.74) is 4.38. The third kappa shape index (κ3) is 5.45. The summed E-state index contributed by atoms with van der Waals surface area (Å²) in [6, 6.07) is 9.99. The van der Waals surface area contributed by atoms with Crippen molar-refractivity contribution < 1.29 is 9.53 Å². The van der Waals surface area contributed by atoms with Crippen molar-refractivity contribution in [2.24, 2.45) is 0 Å². The summed E-state index contributed by atoms with van der Waals surface area (Å²) in [5.74, 6) is 0.221. The lowest BCUT2D eigenvalue weighted by Crippen LogP contribution is -2.44. The highest BCUT2D eigenvalue weighted by molar-refractivity contribution is 7.14. The van der Waals surface area contributed by atoms with Crippen molar-refractivity contribution in [1.29, 1.82) is 5.26 Å². The van der Waals surface area contributed by atoms with E-state index in [1.165, 1.54) is 0 Å². The molecule has 0 unspecified atom stereocenters. The molecule has 5 rings (SSSR count). The SMILES string of the molecule is CC(C)Nc1cc(-c2ccc3cc(C#N)cnn23)ncc1-c1nnc(C2CC(OC(=O)NC(C)(C)C)C2)s1. The lowest BCUT2D eigenvalue weighted by atomic mass is 9.83. The molecule has 1 aliphatic carbocycles. The monoisotopic (exact) mass is 530 g/mol. The van der Waals surface area contributed by atoms with Gasteiger partial charge >= 0.3 is 6.09 Å². The fourth-order valence-corrected chi connectivity index (χ4v) is 5.30. The van der Waals surface area contributed by atoms with Gasteiger partial charge < -0.3 is 15.4 Å². The molecule has 1 amide bonds. The highest BCUT2D eigenvalue weighted by Gasteiger charge is 2.36. The van der Waals surface area contributed by atoms with Gasteiger partial charge in [-0.15, -0.1) is 10.2 Å². The third-order valence-corrected chi connectivity index (χ3v) is 7.22. The Bertz CT molecular complexity index is 1520. The zero-order valence-corrected chi connectivity index (χ0v) is 22.8. The van der Waals surface area contributed by atoms with Crippen LogP contribution in [0.15, 0.2) is 36.7 Å². The number of hydrogen-bond acceptors (Lipinski definition) is 9. The smallest absolute Gasteiger partial charge is 0.407 e. The average molecular weight is 531 g/mol. The van der Waals surface area contributed by atoms with Crippen LogP contribution in [0.25, 0.3) is 27.5 Å². The second-order valence-corrected chi connectivity index (χ2v) is 11.9. The van der Waals surface area contributed by atoms with Crippen LogP contribution in [-0.4, -0.2) is 48.6 Å². The molecule has 0 spiro atoms. The van der Waals surface area contributed by atoms with E-state index < -0.39 is 0 Å². The Kier molecular flexibility index (Phi) is 6.75. The second kappa shape index (κ2) is 10.0. The molecule has 4 aromatic rings. The zero-order valence-electron chi connectivity index (χ0n) is 22.0. The van der Waals surface area contributed by atoms with Crippen LogP contribution >= 0.6 is 11.3 Å². The molecule has 38 heavy (non-hydrogen) atoms. The molecule has 0 saturated heterocycles. The lowest BCUT2D eigenvalue weighted by molar-refractivity contribution is 0.0356. The molecule has 0 bridgehead atoms. The summed E-state index contributed by atoms with van der Waals surface area (Å²) in [5, 5.41) is 30.6. The second-order valence-electron chi connectivity index (χ2n) is 10.8. The first kappa shape index (κ1) is 25.6. The number of fused-ring (bicyclic) bond motifs is 1. The largest absolute Gasteiger partial charge is 0.446 e. The highest BCUT2D eigenvalue weighted by atomic mass is 32.1. The molecule has 4 heterocycles. The summed E-state index contributed by atoms with van der Waals surface area (Å²) in [7, 11) is 0. The predicted molar refractivity (Wildman–Crippen MR) is 146 cm³/mol. The van der Waals surface area contributed by atoms with E-state index in [1.807, 2.05) is 45.2 Å². The number of pyridine rings is 1. The van der Waals surface area contributed by atoms with Crippen molar-refractivity contribution in [3.8, 4) is 28.0 Å². The molecule has 1 saturated carbocycles. The van der Waals surface area contributed by atoms with Gasteiger partial charge in [-0.1, -0.05) is 11.3 Å². The van der Waals surface area contributed by atoms with Gasteiger partial charge in [-0.25, -0.2) is 9.31 Å². The number of alkyl carbamates (subject to hydrolysis) is 1. The van der Waals surface area contributed by atoms with Crippen LogP contribution in [0.1, 0.15) is 63.9 Å². The van der Waals surface area contributed by atoms with Gasteiger partial charge in [0, 0.05) is 29.4 Å². The van der Waals surface area contributed by atoms with E-state index in [9.17, 15) is 4.79 Å². The minimum absolute atomic E-state index is 0.108. The van der Waals surface area contributed by atoms with Gasteiger partial charge in [0.2, 0.25) is 0 Å². The number of aromatic nitrogens is 5. The molecule has 1 aliphatic rings. The molecule has 0 atom stereocenters. The van der Waals surface area contributed by atoms with Gasteiger partial charge in [0.15, 0.2) is 5.01 Å². The average Bonchev–Trinajstić information content (AvgIpc) is 3.46. The Morgan fingerprint density at radius 3 is 2.71 bits per heavy atom. The van der Waals surface area contributed by atoms with Crippen LogP contribution < -0.4 is 10.6 Å². The van der Waals surface area contributed by atoms with Crippen LogP contribution in [-0.2, 0) is 4.74 Å².